The fraction of sp³-hybridized carbons (Fsp3) is 0.714. The van der Waals surface area contributed by atoms with Crippen molar-refractivity contribution < 1.29 is 0 Å². The van der Waals surface area contributed by atoms with Gasteiger partial charge in [-0.1, -0.05) is 6.92 Å². The SMILES string of the molecule is CCSC1CCC(NC(=NC)NCc2ncc(C)s2)C1. The zero-order valence-corrected chi connectivity index (χ0v) is 14.1. The first-order chi connectivity index (χ1) is 9.71. The summed E-state index contributed by atoms with van der Waals surface area (Å²) in [5.41, 5.74) is 0. The lowest BCUT2D eigenvalue weighted by atomic mass is 10.2. The van der Waals surface area contributed by atoms with E-state index in [9.17, 15) is 0 Å². The highest BCUT2D eigenvalue weighted by Gasteiger charge is 2.25. The zero-order valence-electron chi connectivity index (χ0n) is 12.5. The minimum atomic E-state index is 0.559. The number of guanidine groups is 1. The molecule has 0 bridgehead atoms. The van der Waals surface area contributed by atoms with Crippen LogP contribution in [0.4, 0.5) is 0 Å². The number of aromatic nitrogens is 1. The minimum Gasteiger partial charge on any atom is -0.354 e. The Balaban J connectivity index is 1.76. The predicted octanol–water partition coefficient (Wildman–Crippen LogP) is 2.79. The molecule has 0 aromatic carbocycles. The number of hydrogen-bond donors (Lipinski definition) is 2. The van der Waals surface area contributed by atoms with Crippen LogP contribution in [-0.4, -0.2) is 35.0 Å². The van der Waals surface area contributed by atoms with Crippen molar-refractivity contribution >= 4 is 29.1 Å². The summed E-state index contributed by atoms with van der Waals surface area (Å²) in [5.74, 6) is 2.11. The third-order valence-corrected chi connectivity index (χ3v) is 5.57. The molecule has 1 aliphatic rings. The third-order valence-electron chi connectivity index (χ3n) is 3.43. The van der Waals surface area contributed by atoms with Crippen LogP contribution in [0.25, 0.3) is 0 Å². The van der Waals surface area contributed by atoms with Crippen molar-refractivity contribution in [1.82, 2.24) is 15.6 Å². The Hall–Kier alpha value is -0.750. The summed E-state index contributed by atoms with van der Waals surface area (Å²) < 4.78 is 0. The van der Waals surface area contributed by atoms with Gasteiger partial charge in [0.2, 0.25) is 0 Å². The van der Waals surface area contributed by atoms with Crippen LogP contribution < -0.4 is 10.6 Å². The van der Waals surface area contributed by atoms with Crippen LogP contribution in [-0.2, 0) is 6.54 Å². The van der Waals surface area contributed by atoms with Gasteiger partial charge >= 0.3 is 0 Å². The normalized spacial score (nSPS) is 23.1. The Kier molecular flexibility index (Phi) is 6.16. The smallest absolute Gasteiger partial charge is 0.191 e. The number of aliphatic imine (C=N–C) groups is 1. The van der Waals surface area contributed by atoms with Crippen molar-refractivity contribution in [3.05, 3.63) is 16.1 Å². The maximum absolute atomic E-state index is 4.36. The highest BCUT2D eigenvalue weighted by atomic mass is 32.2. The van der Waals surface area contributed by atoms with Gasteiger partial charge in [0.1, 0.15) is 5.01 Å². The molecule has 2 atom stereocenters. The number of thioether (sulfide) groups is 1. The van der Waals surface area contributed by atoms with Crippen LogP contribution in [0.3, 0.4) is 0 Å². The highest BCUT2D eigenvalue weighted by molar-refractivity contribution is 7.99. The molecule has 20 heavy (non-hydrogen) atoms. The van der Waals surface area contributed by atoms with E-state index in [1.807, 2.05) is 13.2 Å². The van der Waals surface area contributed by atoms with E-state index >= 15 is 0 Å². The van der Waals surface area contributed by atoms with Crippen LogP contribution in [0.2, 0.25) is 0 Å². The Morgan fingerprint density at radius 2 is 2.40 bits per heavy atom. The van der Waals surface area contributed by atoms with Crippen LogP contribution in [0.1, 0.15) is 36.1 Å². The second-order valence-corrected chi connectivity index (χ2v) is 7.92. The van der Waals surface area contributed by atoms with E-state index in [4.69, 9.17) is 0 Å². The third kappa shape index (κ3) is 4.66. The molecule has 0 saturated heterocycles. The number of hydrogen-bond acceptors (Lipinski definition) is 4. The fourth-order valence-corrected chi connectivity index (χ4v) is 4.36. The van der Waals surface area contributed by atoms with Crippen LogP contribution in [0.15, 0.2) is 11.2 Å². The zero-order chi connectivity index (χ0) is 14.4. The molecule has 6 heteroatoms. The lowest BCUT2D eigenvalue weighted by Gasteiger charge is -2.17. The van der Waals surface area contributed by atoms with Crippen molar-refractivity contribution in [3.63, 3.8) is 0 Å². The summed E-state index contributed by atoms with van der Waals surface area (Å²) in [4.78, 5) is 9.92. The van der Waals surface area contributed by atoms with Gasteiger partial charge in [-0.3, -0.25) is 4.99 Å². The number of rotatable bonds is 5. The molecule has 4 nitrogen and oxygen atoms in total. The van der Waals surface area contributed by atoms with Crippen LogP contribution in [0.5, 0.6) is 0 Å². The molecule has 1 heterocycles. The molecule has 112 valence electrons. The average molecular weight is 313 g/mol. The molecule has 1 aromatic rings. The van der Waals surface area contributed by atoms with Gasteiger partial charge in [-0.25, -0.2) is 4.98 Å². The molecule has 2 N–H and O–H groups in total. The van der Waals surface area contributed by atoms with E-state index in [0.29, 0.717) is 6.04 Å². The summed E-state index contributed by atoms with van der Waals surface area (Å²) in [6, 6.07) is 0.559. The second kappa shape index (κ2) is 7.88. The lowest BCUT2D eigenvalue weighted by molar-refractivity contribution is 0.614. The maximum atomic E-state index is 4.36. The number of nitrogens with one attached hydrogen (secondary N) is 2. The first-order valence-electron chi connectivity index (χ1n) is 7.21. The molecule has 0 radical (unpaired) electrons. The van der Waals surface area contributed by atoms with Crippen molar-refractivity contribution in [2.24, 2.45) is 4.99 Å². The molecular formula is C14H24N4S2. The summed E-state index contributed by atoms with van der Waals surface area (Å²) in [6.45, 7) is 5.07. The minimum absolute atomic E-state index is 0.559. The van der Waals surface area contributed by atoms with E-state index in [-0.39, 0.29) is 0 Å². The molecule has 1 fully saturated rings. The summed E-state index contributed by atoms with van der Waals surface area (Å²) in [5, 5.41) is 8.81. The van der Waals surface area contributed by atoms with Gasteiger partial charge in [0, 0.05) is 29.4 Å². The van der Waals surface area contributed by atoms with E-state index in [2.05, 4.69) is 46.2 Å². The number of thiazole rings is 1. The average Bonchev–Trinajstić information content (AvgIpc) is 3.04. The van der Waals surface area contributed by atoms with Crippen LogP contribution >= 0.6 is 23.1 Å². The first kappa shape index (κ1) is 15.6. The molecule has 1 aromatic heterocycles. The van der Waals surface area contributed by atoms with Gasteiger partial charge in [0.25, 0.3) is 0 Å². The molecule has 0 spiro atoms. The largest absolute Gasteiger partial charge is 0.354 e. The van der Waals surface area contributed by atoms with E-state index in [1.54, 1.807) is 11.3 Å². The Morgan fingerprint density at radius 3 is 3.05 bits per heavy atom. The molecule has 2 rings (SSSR count). The van der Waals surface area contributed by atoms with Gasteiger partial charge in [0.15, 0.2) is 5.96 Å². The molecule has 1 saturated carbocycles. The van der Waals surface area contributed by atoms with Gasteiger partial charge in [0.05, 0.1) is 6.54 Å². The van der Waals surface area contributed by atoms with Crippen molar-refractivity contribution in [2.45, 2.75) is 50.9 Å². The van der Waals surface area contributed by atoms with Gasteiger partial charge < -0.3 is 10.6 Å². The molecule has 1 aliphatic carbocycles. The molecular weight excluding hydrogens is 288 g/mol. The Labute approximate surface area is 129 Å². The lowest BCUT2D eigenvalue weighted by Crippen LogP contribution is -2.42. The topological polar surface area (TPSA) is 49.3 Å². The quantitative estimate of drug-likeness (QED) is 0.648. The van der Waals surface area contributed by atoms with Crippen molar-refractivity contribution in [2.75, 3.05) is 12.8 Å². The first-order valence-corrected chi connectivity index (χ1v) is 9.08. The summed E-state index contributed by atoms with van der Waals surface area (Å²) >= 11 is 3.81. The van der Waals surface area contributed by atoms with Gasteiger partial charge in [-0.05, 0) is 31.9 Å². The highest BCUT2D eigenvalue weighted by Crippen LogP contribution is 2.29. The van der Waals surface area contributed by atoms with Gasteiger partial charge in [-0.15, -0.1) is 11.3 Å². The fourth-order valence-electron chi connectivity index (χ4n) is 2.49. The van der Waals surface area contributed by atoms with E-state index < -0.39 is 0 Å². The number of nitrogens with zero attached hydrogens (tertiary/aromatic N) is 2. The van der Waals surface area contributed by atoms with E-state index in [0.717, 1.165) is 22.8 Å². The number of aryl methyl sites for hydroxylation is 1. The Bertz CT molecular complexity index is 444. The predicted molar refractivity (Wildman–Crippen MR) is 89.7 cm³/mol. The monoisotopic (exact) mass is 312 g/mol. The maximum Gasteiger partial charge on any atom is 0.191 e. The van der Waals surface area contributed by atoms with Crippen molar-refractivity contribution in [1.29, 1.82) is 0 Å². The van der Waals surface area contributed by atoms with Crippen LogP contribution in [0, 0.1) is 6.92 Å². The molecule has 0 aliphatic heterocycles. The Morgan fingerprint density at radius 1 is 1.55 bits per heavy atom. The van der Waals surface area contributed by atoms with E-state index in [1.165, 1.54) is 29.9 Å². The van der Waals surface area contributed by atoms with Crippen molar-refractivity contribution in [3.8, 4) is 0 Å². The van der Waals surface area contributed by atoms with Gasteiger partial charge in [-0.2, -0.15) is 11.8 Å². The standard InChI is InChI=1S/C14H24N4S2/c1-4-19-12-6-5-11(7-12)18-14(15-3)17-9-13-16-8-10(2)20-13/h8,11-12H,4-7,9H2,1-3H3,(H2,15,17,18). The molecule has 0 amide bonds. The second-order valence-electron chi connectivity index (χ2n) is 5.02. The summed E-state index contributed by atoms with van der Waals surface area (Å²) in [6.07, 6.45) is 5.73. The summed E-state index contributed by atoms with van der Waals surface area (Å²) in [7, 11) is 1.83. The molecule has 2 unspecified atom stereocenters.